The van der Waals surface area contributed by atoms with Gasteiger partial charge in [-0.15, -0.1) is 0 Å². The Morgan fingerprint density at radius 2 is 1.74 bits per heavy atom. The number of carbonyl (C=O) groups is 1. The van der Waals surface area contributed by atoms with Crippen LogP contribution in [0.1, 0.15) is 45.1 Å². The van der Waals surface area contributed by atoms with Gasteiger partial charge in [0.15, 0.2) is 0 Å². The molecule has 1 aromatic rings. The summed E-state index contributed by atoms with van der Waals surface area (Å²) in [7, 11) is 0. The third-order valence-electron chi connectivity index (χ3n) is 3.50. The summed E-state index contributed by atoms with van der Waals surface area (Å²) >= 11 is 0. The number of allylic oxidation sites excluding steroid dienone is 1. The Labute approximate surface area is 114 Å². The molecule has 1 aliphatic carbocycles. The molecule has 0 aliphatic heterocycles. The van der Waals surface area contributed by atoms with Gasteiger partial charge in [0.1, 0.15) is 0 Å². The Morgan fingerprint density at radius 1 is 1.21 bits per heavy atom. The third-order valence-corrected chi connectivity index (χ3v) is 3.50. The van der Waals surface area contributed by atoms with Crippen molar-refractivity contribution in [2.45, 2.75) is 45.6 Å². The monoisotopic (exact) mass is 262 g/mol. The maximum Gasteiger partial charge on any atom is 0.300 e. The number of hydrogen-bond acceptors (Lipinski definition) is 2. The van der Waals surface area contributed by atoms with E-state index in [1.807, 2.05) is 13.0 Å². The van der Waals surface area contributed by atoms with E-state index in [2.05, 4.69) is 31.2 Å². The Kier molecular flexibility index (Phi) is 5.77. The lowest BCUT2D eigenvalue weighted by atomic mass is 9.79. The summed E-state index contributed by atoms with van der Waals surface area (Å²) in [6, 6.07) is 10.5. The van der Waals surface area contributed by atoms with Gasteiger partial charge in [-0.3, -0.25) is 4.79 Å². The molecule has 19 heavy (non-hydrogen) atoms. The molecule has 0 saturated carbocycles. The van der Waals surface area contributed by atoms with Crippen LogP contribution in [0.3, 0.4) is 0 Å². The fourth-order valence-corrected chi connectivity index (χ4v) is 2.32. The van der Waals surface area contributed by atoms with Gasteiger partial charge in [0.25, 0.3) is 5.97 Å². The maximum absolute atomic E-state index is 9.92. The number of aliphatic carboxylic acids is 1. The van der Waals surface area contributed by atoms with Crippen molar-refractivity contribution < 1.29 is 15.0 Å². The van der Waals surface area contributed by atoms with Crippen molar-refractivity contribution in [1.29, 1.82) is 0 Å². The van der Waals surface area contributed by atoms with Crippen molar-refractivity contribution in [3.8, 4) is 0 Å². The molecule has 0 unspecified atom stereocenters. The zero-order chi connectivity index (χ0) is 14.4. The molecule has 0 saturated heterocycles. The van der Waals surface area contributed by atoms with Gasteiger partial charge in [0, 0.05) is 6.92 Å². The van der Waals surface area contributed by atoms with Gasteiger partial charge in [-0.05, 0) is 43.7 Å². The summed E-state index contributed by atoms with van der Waals surface area (Å²) in [6.07, 6.45) is 1.71. The Hall–Kier alpha value is -1.61. The average molecular weight is 262 g/mol. The van der Waals surface area contributed by atoms with Gasteiger partial charge in [0.2, 0.25) is 0 Å². The van der Waals surface area contributed by atoms with Crippen LogP contribution in [0.25, 0.3) is 0 Å². The van der Waals surface area contributed by atoms with Crippen LogP contribution in [0.2, 0.25) is 0 Å². The first-order valence-electron chi connectivity index (χ1n) is 6.50. The molecule has 0 spiro atoms. The van der Waals surface area contributed by atoms with Gasteiger partial charge in [-0.25, -0.2) is 0 Å². The first kappa shape index (κ1) is 15.4. The molecular weight excluding hydrogens is 240 g/mol. The van der Waals surface area contributed by atoms with Crippen LogP contribution in [-0.2, 0) is 4.79 Å². The highest BCUT2D eigenvalue weighted by Gasteiger charge is 2.24. The maximum atomic E-state index is 9.92. The third kappa shape index (κ3) is 4.87. The molecule has 0 bridgehead atoms. The second kappa shape index (κ2) is 7.10. The van der Waals surface area contributed by atoms with E-state index in [0.29, 0.717) is 5.92 Å². The highest BCUT2D eigenvalue weighted by molar-refractivity contribution is 5.62. The molecule has 1 aromatic carbocycles. The van der Waals surface area contributed by atoms with Crippen molar-refractivity contribution in [2.24, 2.45) is 0 Å². The molecule has 104 valence electrons. The summed E-state index contributed by atoms with van der Waals surface area (Å²) in [5.74, 6) is -0.343. The number of carboxylic acids is 1. The zero-order valence-electron chi connectivity index (χ0n) is 11.8. The average Bonchev–Trinajstić information content (AvgIpc) is 2.36. The molecule has 1 aliphatic rings. The number of benzene rings is 1. The van der Waals surface area contributed by atoms with E-state index in [-0.39, 0.29) is 6.10 Å². The van der Waals surface area contributed by atoms with Gasteiger partial charge in [-0.1, -0.05) is 35.9 Å². The molecule has 2 rings (SSSR count). The smallest absolute Gasteiger partial charge is 0.300 e. The van der Waals surface area contributed by atoms with Gasteiger partial charge in [-0.2, -0.15) is 0 Å². The predicted octanol–water partition coefficient (Wildman–Crippen LogP) is 3.35. The second-order valence-corrected chi connectivity index (χ2v) is 5.05. The van der Waals surface area contributed by atoms with Crippen molar-refractivity contribution in [3.63, 3.8) is 0 Å². The minimum atomic E-state index is -0.833. The Balaban J connectivity index is 0.000000399. The first-order chi connectivity index (χ1) is 8.91. The Morgan fingerprint density at radius 3 is 2.21 bits per heavy atom. The molecule has 0 fully saturated rings. The van der Waals surface area contributed by atoms with Crippen molar-refractivity contribution >= 4 is 5.97 Å². The lowest BCUT2D eigenvalue weighted by molar-refractivity contribution is -0.134. The standard InChI is InChI=1S/C14H18O.C2H4O2/c1-10-8-13(9-14(15)11(10)2)12-6-4-3-5-7-12;1-2(3)4/h3-7,13-15H,8-9H2,1-2H3;1H3,(H,3,4)/t13-,14+;/m1./s1. The number of aliphatic hydroxyl groups is 1. The second-order valence-electron chi connectivity index (χ2n) is 5.05. The van der Waals surface area contributed by atoms with Gasteiger partial charge in [0.05, 0.1) is 6.10 Å². The van der Waals surface area contributed by atoms with E-state index < -0.39 is 5.97 Å². The molecule has 0 radical (unpaired) electrons. The summed E-state index contributed by atoms with van der Waals surface area (Å²) < 4.78 is 0. The Bertz CT molecular complexity index is 444. The molecule has 2 atom stereocenters. The molecule has 3 nitrogen and oxygen atoms in total. The molecule has 2 N–H and O–H groups in total. The number of aliphatic hydroxyl groups excluding tert-OH is 1. The quantitative estimate of drug-likeness (QED) is 0.763. The van der Waals surface area contributed by atoms with Crippen LogP contribution in [0.4, 0.5) is 0 Å². The summed E-state index contributed by atoms with van der Waals surface area (Å²) in [4.78, 5) is 9.00. The number of rotatable bonds is 1. The summed E-state index contributed by atoms with van der Waals surface area (Å²) in [5.41, 5.74) is 3.87. The highest BCUT2D eigenvalue weighted by atomic mass is 16.4. The van der Waals surface area contributed by atoms with E-state index in [4.69, 9.17) is 9.90 Å². The van der Waals surface area contributed by atoms with Crippen LogP contribution >= 0.6 is 0 Å². The van der Waals surface area contributed by atoms with Crippen molar-refractivity contribution in [3.05, 3.63) is 47.0 Å². The fourth-order valence-electron chi connectivity index (χ4n) is 2.32. The van der Waals surface area contributed by atoms with E-state index in [0.717, 1.165) is 19.8 Å². The predicted molar refractivity (Wildman–Crippen MR) is 76.1 cm³/mol. The van der Waals surface area contributed by atoms with E-state index >= 15 is 0 Å². The van der Waals surface area contributed by atoms with E-state index in [1.165, 1.54) is 16.7 Å². The lowest BCUT2D eigenvalue weighted by Crippen LogP contribution is -2.20. The number of hydrogen-bond donors (Lipinski definition) is 2. The molecular formula is C16H22O3. The van der Waals surface area contributed by atoms with Crippen molar-refractivity contribution in [1.82, 2.24) is 0 Å². The minimum absolute atomic E-state index is 0.246. The lowest BCUT2D eigenvalue weighted by Gasteiger charge is -2.28. The summed E-state index contributed by atoms with van der Waals surface area (Å²) in [6.45, 7) is 5.26. The van der Waals surface area contributed by atoms with Gasteiger partial charge >= 0.3 is 0 Å². The van der Waals surface area contributed by atoms with E-state index in [1.54, 1.807) is 0 Å². The van der Waals surface area contributed by atoms with Crippen LogP contribution in [0.15, 0.2) is 41.5 Å². The van der Waals surface area contributed by atoms with Crippen molar-refractivity contribution in [2.75, 3.05) is 0 Å². The van der Waals surface area contributed by atoms with Crippen LogP contribution in [0, 0.1) is 0 Å². The zero-order valence-corrected chi connectivity index (χ0v) is 11.8. The molecule has 0 aromatic heterocycles. The molecule has 0 amide bonds. The highest BCUT2D eigenvalue weighted by Crippen LogP contribution is 2.35. The van der Waals surface area contributed by atoms with Crippen LogP contribution in [-0.4, -0.2) is 22.3 Å². The SMILES string of the molecule is CC(=O)O.CC1=C(C)[C@@H](O)C[C@H](c2ccccc2)C1. The first-order valence-corrected chi connectivity index (χ1v) is 6.50. The largest absolute Gasteiger partial charge is 0.481 e. The van der Waals surface area contributed by atoms with Gasteiger partial charge < -0.3 is 10.2 Å². The molecule has 0 heterocycles. The minimum Gasteiger partial charge on any atom is -0.481 e. The normalized spacial score (nSPS) is 22.5. The van der Waals surface area contributed by atoms with Crippen LogP contribution < -0.4 is 0 Å². The van der Waals surface area contributed by atoms with Crippen LogP contribution in [0.5, 0.6) is 0 Å². The van der Waals surface area contributed by atoms with E-state index in [9.17, 15) is 5.11 Å². The fraction of sp³-hybridized carbons (Fsp3) is 0.438. The number of carboxylic acid groups (broad SMARTS) is 1. The molecule has 3 heteroatoms. The summed E-state index contributed by atoms with van der Waals surface area (Å²) in [5, 5.41) is 17.3. The topological polar surface area (TPSA) is 57.5 Å².